The Labute approximate surface area is 54.7 Å². The van der Waals surface area contributed by atoms with E-state index < -0.39 is 22.8 Å². The maximum atomic E-state index is 10.5. The first-order chi connectivity index (χ1) is 4.20. The Morgan fingerprint density at radius 2 is 2.44 bits per heavy atom. The van der Waals surface area contributed by atoms with Gasteiger partial charge in [0.05, 0.1) is 11.6 Å². The van der Waals surface area contributed by atoms with Gasteiger partial charge in [0.1, 0.15) is 6.04 Å². The maximum absolute atomic E-state index is 10.5. The molecule has 5 heteroatoms. The number of carbonyl (C=O) groups is 1. The second-order valence-corrected chi connectivity index (χ2v) is 3.35. The highest BCUT2D eigenvalue weighted by Gasteiger charge is 2.25. The third-order valence-corrected chi connectivity index (χ3v) is 2.34. The van der Waals surface area contributed by atoms with Gasteiger partial charge in [-0.1, -0.05) is 0 Å². The third-order valence-electron chi connectivity index (χ3n) is 1.14. The highest BCUT2D eigenvalue weighted by molar-refractivity contribution is 7.85. The second kappa shape index (κ2) is 2.45. The van der Waals surface area contributed by atoms with Crippen molar-refractivity contribution in [1.29, 1.82) is 0 Å². The summed E-state index contributed by atoms with van der Waals surface area (Å²) in [6, 6.07) is -0.592. The molecule has 0 bridgehead atoms. The minimum Gasteiger partial charge on any atom is -0.480 e. The summed E-state index contributed by atoms with van der Waals surface area (Å²) in [5.41, 5.74) is 0. The van der Waals surface area contributed by atoms with Crippen LogP contribution in [0.5, 0.6) is 0 Å². The average Bonchev–Trinajstić information content (AvgIpc) is 2.14. The summed E-state index contributed by atoms with van der Waals surface area (Å²) in [4.78, 5) is 10.2. The zero-order valence-electron chi connectivity index (χ0n) is 4.66. The molecule has 1 saturated heterocycles. The molecule has 0 spiro atoms. The zero-order chi connectivity index (χ0) is 6.85. The van der Waals surface area contributed by atoms with Crippen LogP contribution in [0, 0.1) is 0 Å². The van der Waals surface area contributed by atoms with E-state index in [1.54, 1.807) is 0 Å². The van der Waals surface area contributed by atoms with Gasteiger partial charge in [-0.2, -0.15) is 0 Å². The van der Waals surface area contributed by atoms with Gasteiger partial charge in [0, 0.05) is 10.8 Å². The molecule has 0 aliphatic carbocycles. The minimum absolute atomic E-state index is 0.245. The largest absolute Gasteiger partial charge is 0.480 e. The van der Waals surface area contributed by atoms with Gasteiger partial charge in [-0.15, -0.1) is 0 Å². The van der Waals surface area contributed by atoms with Crippen molar-refractivity contribution in [3.05, 3.63) is 0 Å². The van der Waals surface area contributed by atoms with Gasteiger partial charge in [-0.05, 0) is 0 Å². The lowest BCUT2D eigenvalue weighted by Crippen LogP contribution is -2.32. The van der Waals surface area contributed by atoms with Crippen molar-refractivity contribution < 1.29 is 14.1 Å². The molecule has 0 aromatic rings. The Bertz CT molecular complexity index is 158. The van der Waals surface area contributed by atoms with Gasteiger partial charge in [-0.25, -0.2) is 0 Å². The molecule has 1 aliphatic heterocycles. The van der Waals surface area contributed by atoms with Gasteiger partial charge < -0.3 is 5.11 Å². The molecule has 0 aromatic heterocycles. The Morgan fingerprint density at radius 3 is 2.67 bits per heavy atom. The van der Waals surface area contributed by atoms with E-state index in [1.165, 1.54) is 0 Å². The summed E-state index contributed by atoms with van der Waals surface area (Å²) >= 11 is 0. The van der Waals surface area contributed by atoms with Crippen LogP contribution in [0.3, 0.4) is 0 Å². The molecule has 0 aromatic carbocycles. The van der Waals surface area contributed by atoms with E-state index in [2.05, 4.69) is 5.32 Å². The van der Waals surface area contributed by atoms with E-state index in [-0.39, 0.29) is 5.75 Å². The average molecular weight is 149 g/mol. The maximum Gasteiger partial charge on any atom is 0.321 e. The number of nitrogens with one attached hydrogen (secondary N) is 1. The van der Waals surface area contributed by atoms with Crippen LogP contribution in [0.4, 0.5) is 0 Å². The van der Waals surface area contributed by atoms with Crippen molar-refractivity contribution in [3.8, 4) is 0 Å². The number of rotatable bonds is 1. The topological polar surface area (TPSA) is 66.4 Å². The minimum atomic E-state index is -0.965. The number of aliphatic carboxylic acids is 1. The highest BCUT2D eigenvalue weighted by atomic mass is 32.2. The Balaban J connectivity index is 2.48. The SMILES string of the molecule is O=C(O)C1CS(=O)CN1. The van der Waals surface area contributed by atoms with Crippen molar-refractivity contribution in [2.24, 2.45) is 0 Å². The van der Waals surface area contributed by atoms with Gasteiger partial charge in [0.25, 0.3) is 0 Å². The summed E-state index contributed by atoms with van der Waals surface area (Å²) in [6.45, 7) is 0. The molecule has 2 unspecified atom stereocenters. The molecule has 4 nitrogen and oxygen atoms in total. The monoisotopic (exact) mass is 149 g/mol. The van der Waals surface area contributed by atoms with Gasteiger partial charge in [-0.3, -0.25) is 14.3 Å². The molecular weight excluding hydrogens is 142 g/mol. The van der Waals surface area contributed by atoms with Crippen molar-refractivity contribution in [2.45, 2.75) is 6.04 Å². The van der Waals surface area contributed by atoms with Crippen LogP contribution in [0.1, 0.15) is 0 Å². The van der Waals surface area contributed by atoms with Crippen molar-refractivity contribution >= 4 is 16.8 Å². The predicted molar refractivity (Wildman–Crippen MR) is 32.4 cm³/mol. The van der Waals surface area contributed by atoms with Crippen molar-refractivity contribution in [3.63, 3.8) is 0 Å². The van der Waals surface area contributed by atoms with Crippen LogP contribution < -0.4 is 5.32 Å². The fourth-order valence-corrected chi connectivity index (χ4v) is 1.79. The van der Waals surface area contributed by atoms with E-state index in [1.807, 2.05) is 0 Å². The molecule has 9 heavy (non-hydrogen) atoms. The molecule has 1 heterocycles. The highest BCUT2D eigenvalue weighted by Crippen LogP contribution is 1.97. The molecule has 0 amide bonds. The van der Waals surface area contributed by atoms with E-state index in [4.69, 9.17) is 5.11 Å². The van der Waals surface area contributed by atoms with Crippen LogP contribution >= 0.6 is 0 Å². The van der Waals surface area contributed by atoms with Gasteiger partial charge in [0.2, 0.25) is 0 Å². The zero-order valence-corrected chi connectivity index (χ0v) is 5.48. The Hall–Kier alpha value is -0.420. The van der Waals surface area contributed by atoms with E-state index in [0.717, 1.165) is 0 Å². The lowest BCUT2D eigenvalue weighted by atomic mass is 10.4. The summed E-state index contributed by atoms with van der Waals surface area (Å²) in [5.74, 6) is -0.354. The number of carboxylic acid groups (broad SMARTS) is 1. The summed E-state index contributed by atoms with van der Waals surface area (Å²) in [7, 11) is -0.965. The molecular formula is C4H7NO3S. The Morgan fingerprint density at radius 1 is 1.78 bits per heavy atom. The number of hydrogen-bond acceptors (Lipinski definition) is 3. The Kier molecular flexibility index (Phi) is 1.82. The molecule has 1 aliphatic rings. The fourth-order valence-electron chi connectivity index (χ4n) is 0.656. The number of carboxylic acids is 1. The quantitative estimate of drug-likeness (QED) is 0.489. The standard InChI is InChI=1S/C4H7NO3S/c6-4(7)3-1-9(8)2-5-3/h3,5H,1-2H2,(H,6,7). The molecule has 2 N–H and O–H groups in total. The smallest absolute Gasteiger partial charge is 0.321 e. The van der Waals surface area contributed by atoms with Crippen molar-refractivity contribution in [1.82, 2.24) is 5.32 Å². The van der Waals surface area contributed by atoms with Crippen LogP contribution in [-0.4, -0.2) is 33.0 Å². The van der Waals surface area contributed by atoms with Crippen LogP contribution in [0.2, 0.25) is 0 Å². The predicted octanol–water partition coefficient (Wildman–Crippen LogP) is -1.25. The molecule has 1 fully saturated rings. The first-order valence-corrected chi connectivity index (χ1v) is 4.00. The van der Waals surface area contributed by atoms with Gasteiger partial charge in [0.15, 0.2) is 0 Å². The fraction of sp³-hybridized carbons (Fsp3) is 0.750. The number of hydrogen-bond donors (Lipinski definition) is 2. The summed E-state index contributed by atoms with van der Waals surface area (Å²) in [5, 5.41) is 10.9. The third kappa shape index (κ3) is 1.49. The molecule has 0 radical (unpaired) electrons. The van der Waals surface area contributed by atoms with Crippen molar-refractivity contribution in [2.75, 3.05) is 11.6 Å². The molecule has 1 rings (SSSR count). The first kappa shape index (κ1) is 6.70. The summed E-state index contributed by atoms with van der Waals surface area (Å²) < 4.78 is 10.5. The molecule has 52 valence electrons. The lowest BCUT2D eigenvalue weighted by molar-refractivity contribution is -0.138. The molecule has 0 saturated carbocycles. The summed E-state index contributed by atoms with van der Waals surface area (Å²) in [6.07, 6.45) is 0. The van der Waals surface area contributed by atoms with Crippen LogP contribution in [0.25, 0.3) is 0 Å². The lowest BCUT2D eigenvalue weighted by Gasteiger charge is -1.97. The van der Waals surface area contributed by atoms with E-state index in [9.17, 15) is 9.00 Å². The van der Waals surface area contributed by atoms with E-state index >= 15 is 0 Å². The van der Waals surface area contributed by atoms with Crippen LogP contribution in [0.15, 0.2) is 0 Å². The van der Waals surface area contributed by atoms with Crippen LogP contribution in [-0.2, 0) is 15.6 Å². The second-order valence-electron chi connectivity index (χ2n) is 1.85. The van der Waals surface area contributed by atoms with E-state index in [0.29, 0.717) is 5.88 Å². The first-order valence-electron chi connectivity index (χ1n) is 2.51. The molecule has 2 atom stereocenters. The normalized spacial score (nSPS) is 34.7. The van der Waals surface area contributed by atoms with Gasteiger partial charge >= 0.3 is 5.97 Å².